The van der Waals surface area contributed by atoms with Crippen LogP contribution >= 0.6 is 11.6 Å². The number of fused-ring (bicyclic) bond motifs is 1. The van der Waals surface area contributed by atoms with Crippen molar-refractivity contribution in [3.05, 3.63) is 53.4 Å². The molecule has 6 rings (SSSR count). The molecule has 0 aliphatic carbocycles. The van der Waals surface area contributed by atoms with Crippen LogP contribution in [0, 0.1) is 0 Å². The molecule has 4 aromatic rings. The summed E-state index contributed by atoms with van der Waals surface area (Å²) < 4.78 is 34.8. The normalized spacial score (nSPS) is 17.2. The highest BCUT2D eigenvalue weighted by Gasteiger charge is 2.28. The molecule has 5 heterocycles. The van der Waals surface area contributed by atoms with Gasteiger partial charge in [-0.1, -0.05) is 11.6 Å². The number of nitrogens with two attached hydrogens (primary N) is 1. The zero-order valence-electron chi connectivity index (χ0n) is 24.7. The Morgan fingerprint density at radius 2 is 1.98 bits per heavy atom. The van der Waals surface area contributed by atoms with Gasteiger partial charge in [0, 0.05) is 68.9 Å². The average Bonchev–Trinajstić information content (AvgIpc) is 3.68. The summed E-state index contributed by atoms with van der Waals surface area (Å²) in [4.78, 5) is 22.5. The van der Waals surface area contributed by atoms with Gasteiger partial charge in [0.25, 0.3) is 0 Å². The summed E-state index contributed by atoms with van der Waals surface area (Å²) in [5.41, 5.74) is 7.64. The van der Waals surface area contributed by atoms with Crippen molar-refractivity contribution in [3.63, 3.8) is 0 Å². The Balaban J connectivity index is 1.22. The van der Waals surface area contributed by atoms with Gasteiger partial charge >= 0.3 is 12.6 Å². The highest BCUT2D eigenvalue weighted by Crippen LogP contribution is 2.39. The topological polar surface area (TPSA) is 142 Å². The zero-order chi connectivity index (χ0) is 31.7. The summed E-state index contributed by atoms with van der Waals surface area (Å²) >= 11 is 6.29. The van der Waals surface area contributed by atoms with E-state index in [2.05, 4.69) is 20.3 Å². The fourth-order valence-electron chi connectivity index (χ4n) is 5.98. The first-order chi connectivity index (χ1) is 21.7. The number of alkyl halides is 2. The number of anilines is 2. The van der Waals surface area contributed by atoms with Crippen LogP contribution in [-0.2, 0) is 0 Å². The van der Waals surface area contributed by atoms with Gasteiger partial charge in [-0.05, 0) is 50.1 Å². The maximum Gasteiger partial charge on any atom is 0.387 e. The number of nitrogen functional groups attached to an aromatic ring is 1. The number of aliphatic hydroxyl groups is 1. The molecule has 1 unspecified atom stereocenters. The fourth-order valence-corrected chi connectivity index (χ4v) is 6.15. The van der Waals surface area contributed by atoms with E-state index in [-0.39, 0.29) is 40.5 Å². The number of halogens is 3. The number of carbonyl (C=O) groups is 1. The van der Waals surface area contributed by atoms with E-state index in [1.165, 1.54) is 22.7 Å². The van der Waals surface area contributed by atoms with E-state index in [4.69, 9.17) is 27.2 Å². The maximum absolute atomic E-state index is 13.4. The van der Waals surface area contributed by atoms with Gasteiger partial charge < -0.3 is 35.6 Å². The molecule has 0 saturated carbocycles. The maximum atomic E-state index is 13.4. The third kappa shape index (κ3) is 6.60. The number of hydrogen-bond donors (Lipinski definition) is 3. The number of urea groups is 1. The number of aliphatic hydroxyl groups excluding tert-OH is 1. The van der Waals surface area contributed by atoms with Gasteiger partial charge in [-0.3, -0.25) is 4.68 Å². The largest absolute Gasteiger partial charge is 0.434 e. The monoisotopic (exact) mass is 644 g/mol. The Morgan fingerprint density at radius 1 is 1.18 bits per heavy atom. The summed E-state index contributed by atoms with van der Waals surface area (Å²) in [6, 6.07) is 6.11. The van der Waals surface area contributed by atoms with E-state index < -0.39 is 12.8 Å². The Labute approximate surface area is 263 Å². The number of piperidine rings is 1. The number of aromatic nitrogens is 5. The quantitative estimate of drug-likeness (QED) is 0.207. The minimum Gasteiger partial charge on any atom is -0.434 e. The lowest BCUT2D eigenvalue weighted by Gasteiger charge is -2.32. The summed E-state index contributed by atoms with van der Waals surface area (Å²) in [6.07, 6.45) is 6.12. The first-order valence-electron chi connectivity index (χ1n) is 14.8. The Bertz CT molecular complexity index is 1660. The molecule has 2 amide bonds. The molecule has 4 N–H and O–H groups in total. The van der Waals surface area contributed by atoms with Crippen molar-refractivity contribution in [1.29, 1.82) is 0 Å². The molecule has 0 bridgehead atoms. The lowest BCUT2D eigenvalue weighted by molar-refractivity contribution is -0.0494. The van der Waals surface area contributed by atoms with Crippen molar-refractivity contribution in [1.82, 2.24) is 39.1 Å². The van der Waals surface area contributed by atoms with Crippen molar-refractivity contribution < 1.29 is 23.4 Å². The number of hydrogen-bond acceptors (Lipinski definition) is 9. The number of nitrogens with one attached hydrogen (secondary N) is 1. The summed E-state index contributed by atoms with van der Waals surface area (Å²) in [5, 5.41) is 23.7. The van der Waals surface area contributed by atoms with Crippen LogP contribution in [0.3, 0.4) is 0 Å². The molecule has 16 heteroatoms. The highest BCUT2D eigenvalue weighted by molar-refractivity contribution is 6.31. The summed E-state index contributed by atoms with van der Waals surface area (Å²) in [7, 11) is 1.82. The van der Waals surface area contributed by atoms with Crippen molar-refractivity contribution in [2.24, 2.45) is 0 Å². The fraction of sp³-hybridized carbons (Fsp3) is 0.448. The van der Waals surface area contributed by atoms with Crippen LogP contribution < -0.4 is 15.8 Å². The van der Waals surface area contributed by atoms with Crippen molar-refractivity contribution in [3.8, 4) is 17.0 Å². The Morgan fingerprint density at radius 3 is 2.71 bits per heavy atom. The molecule has 2 aliphatic rings. The van der Waals surface area contributed by atoms with E-state index in [0.29, 0.717) is 16.4 Å². The van der Waals surface area contributed by atoms with Gasteiger partial charge in [0.05, 0.1) is 17.3 Å². The summed E-state index contributed by atoms with van der Waals surface area (Å²) in [5.74, 6) is -0.0209. The van der Waals surface area contributed by atoms with E-state index in [9.17, 15) is 18.7 Å². The predicted octanol–water partition coefficient (Wildman–Crippen LogP) is 3.93. The number of nitrogens with zero attached hydrogens (tertiary/aromatic N) is 8. The second kappa shape index (κ2) is 13.0. The van der Waals surface area contributed by atoms with Gasteiger partial charge in [-0.25, -0.2) is 14.3 Å². The number of likely N-dealkylation sites (N-methyl/N-ethyl adjacent to an activating group) is 1. The second-order valence-corrected chi connectivity index (χ2v) is 11.7. The molecule has 13 nitrogen and oxygen atoms in total. The first kappa shape index (κ1) is 30.8. The van der Waals surface area contributed by atoms with Gasteiger partial charge in [0.2, 0.25) is 0 Å². The molecule has 0 spiro atoms. The SMILES string of the molecule is CN1CCN(CCCN2CCC(n3cc(NC(O)c4c(N)nn5cccnc45)c(-c4cc(Cl)ccc4OC(F)F)n3)CC2)C1=O. The van der Waals surface area contributed by atoms with Gasteiger partial charge in [0.15, 0.2) is 17.7 Å². The molecule has 2 fully saturated rings. The third-order valence-electron chi connectivity index (χ3n) is 8.31. The van der Waals surface area contributed by atoms with Crippen LogP contribution in [0.1, 0.15) is 37.1 Å². The third-order valence-corrected chi connectivity index (χ3v) is 8.54. The van der Waals surface area contributed by atoms with Crippen molar-refractivity contribution >= 4 is 34.8 Å². The van der Waals surface area contributed by atoms with Crippen LogP contribution in [0.5, 0.6) is 5.75 Å². The average molecular weight is 645 g/mol. The van der Waals surface area contributed by atoms with Gasteiger partial charge in [0.1, 0.15) is 11.4 Å². The van der Waals surface area contributed by atoms with Crippen LogP contribution in [0.15, 0.2) is 42.9 Å². The van der Waals surface area contributed by atoms with Crippen LogP contribution in [0.2, 0.25) is 5.02 Å². The molecule has 1 aromatic carbocycles. The molecular formula is C29H35ClF2N10O3. The number of rotatable bonds is 11. The summed E-state index contributed by atoms with van der Waals surface area (Å²) in [6.45, 7) is 1.75. The van der Waals surface area contributed by atoms with E-state index in [1.54, 1.807) is 34.2 Å². The van der Waals surface area contributed by atoms with Crippen molar-refractivity contribution in [2.75, 3.05) is 57.4 Å². The Kier molecular flexibility index (Phi) is 8.92. The first-order valence-corrected chi connectivity index (χ1v) is 15.2. The lowest BCUT2D eigenvalue weighted by Crippen LogP contribution is -2.37. The van der Waals surface area contributed by atoms with E-state index in [1.807, 2.05) is 11.9 Å². The molecule has 2 saturated heterocycles. The Hall–Kier alpha value is -4.21. The molecule has 240 valence electrons. The number of likely N-dealkylation sites (tertiary alicyclic amines) is 1. The lowest BCUT2D eigenvalue weighted by atomic mass is 10.1. The van der Waals surface area contributed by atoms with Gasteiger partial charge in [-0.15, -0.1) is 5.10 Å². The molecule has 1 atom stereocenters. The van der Waals surface area contributed by atoms with E-state index >= 15 is 0 Å². The van der Waals surface area contributed by atoms with Crippen molar-refractivity contribution in [2.45, 2.75) is 38.1 Å². The standard InChI is InChI=1S/C29H35ClF2N10O3/c1-38-14-15-40(29(38)44)10-3-9-39-12-6-19(7-13-39)42-17-21(24(36-42)20-16-18(30)4-5-22(20)45-28(31)32)35-27(43)23-25(33)37-41-11-2-8-34-26(23)41/h2,4-5,8,11,16-17,19,27-28,35,43H,3,6-7,9-10,12-15H2,1H3,(H2,33,37). The number of benzene rings is 1. The van der Waals surface area contributed by atoms with Crippen LogP contribution in [0.4, 0.5) is 25.1 Å². The molecular weight excluding hydrogens is 610 g/mol. The highest BCUT2D eigenvalue weighted by atomic mass is 35.5. The predicted molar refractivity (Wildman–Crippen MR) is 164 cm³/mol. The molecule has 2 aliphatic heterocycles. The smallest absolute Gasteiger partial charge is 0.387 e. The number of amides is 2. The molecule has 45 heavy (non-hydrogen) atoms. The van der Waals surface area contributed by atoms with E-state index in [0.717, 1.165) is 58.5 Å². The van der Waals surface area contributed by atoms with Crippen LogP contribution in [-0.4, -0.2) is 103 Å². The number of carbonyl (C=O) groups excluding carboxylic acids is 1. The van der Waals surface area contributed by atoms with Gasteiger partial charge in [-0.2, -0.15) is 13.9 Å². The van der Waals surface area contributed by atoms with Crippen LogP contribution in [0.25, 0.3) is 16.9 Å². The molecule has 0 radical (unpaired) electrons. The number of ether oxygens (including phenoxy) is 1. The minimum atomic E-state index is -3.06. The second-order valence-electron chi connectivity index (χ2n) is 11.2. The minimum absolute atomic E-state index is 0.0175. The zero-order valence-corrected chi connectivity index (χ0v) is 25.4. The molecule has 3 aromatic heterocycles.